The smallest absolute Gasteiger partial charge is 0.224 e. The highest BCUT2D eigenvalue weighted by Gasteiger charge is 2.05. The highest BCUT2D eigenvalue weighted by Crippen LogP contribution is 2.24. The van der Waals surface area contributed by atoms with Crippen LogP contribution in [0.25, 0.3) is 0 Å². The van der Waals surface area contributed by atoms with Crippen LogP contribution in [0.1, 0.15) is 6.92 Å². The van der Waals surface area contributed by atoms with Crippen LogP contribution in [0.5, 0.6) is 0 Å². The molecule has 1 aromatic carbocycles. The maximum absolute atomic E-state index is 6.07. The fourth-order valence-electron chi connectivity index (χ4n) is 1.40. The Labute approximate surface area is 124 Å². The van der Waals surface area contributed by atoms with Gasteiger partial charge in [0.1, 0.15) is 5.02 Å². The molecular formula is C12H12ClIN4. The Morgan fingerprint density at radius 2 is 2.22 bits per heavy atom. The van der Waals surface area contributed by atoms with E-state index in [2.05, 4.69) is 43.2 Å². The number of hydrogen-bond acceptors (Lipinski definition) is 4. The molecule has 0 radical (unpaired) electrons. The van der Waals surface area contributed by atoms with E-state index in [9.17, 15) is 0 Å². The van der Waals surface area contributed by atoms with Crippen LogP contribution in [0.4, 0.5) is 17.5 Å². The third-order valence-electron chi connectivity index (χ3n) is 2.17. The van der Waals surface area contributed by atoms with Crippen molar-refractivity contribution in [3.8, 4) is 0 Å². The van der Waals surface area contributed by atoms with Gasteiger partial charge < -0.3 is 10.6 Å². The van der Waals surface area contributed by atoms with Gasteiger partial charge in [-0.2, -0.15) is 4.98 Å². The molecule has 0 spiro atoms. The predicted octanol–water partition coefficient (Wildman–Crippen LogP) is 3.91. The summed E-state index contributed by atoms with van der Waals surface area (Å²) in [6.45, 7) is 2.76. The molecule has 0 aliphatic rings. The van der Waals surface area contributed by atoms with Crippen LogP contribution in [0.3, 0.4) is 0 Å². The lowest BCUT2D eigenvalue weighted by Crippen LogP contribution is -2.04. The van der Waals surface area contributed by atoms with E-state index >= 15 is 0 Å². The van der Waals surface area contributed by atoms with E-state index in [0.29, 0.717) is 16.8 Å². The zero-order valence-corrected chi connectivity index (χ0v) is 12.7. The summed E-state index contributed by atoms with van der Waals surface area (Å²) < 4.78 is 1.15. The first-order chi connectivity index (χ1) is 8.69. The molecule has 0 amide bonds. The second-order valence-electron chi connectivity index (χ2n) is 3.56. The maximum atomic E-state index is 6.07. The molecule has 1 heterocycles. The number of anilines is 3. The predicted molar refractivity (Wildman–Crippen MR) is 83.6 cm³/mol. The van der Waals surface area contributed by atoms with Crippen molar-refractivity contribution >= 4 is 51.6 Å². The first-order valence-electron chi connectivity index (χ1n) is 5.48. The summed E-state index contributed by atoms with van der Waals surface area (Å²) in [7, 11) is 0. The summed E-state index contributed by atoms with van der Waals surface area (Å²) >= 11 is 8.33. The number of halogens is 2. The normalized spacial score (nSPS) is 10.2. The third kappa shape index (κ3) is 3.46. The van der Waals surface area contributed by atoms with E-state index < -0.39 is 0 Å². The van der Waals surface area contributed by atoms with E-state index in [1.807, 2.05) is 31.2 Å². The molecule has 2 aromatic rings. The van der Waals surface area contributed by atoms with Crippen molar-refractivity contribution in [3.05, 3.63) is 39.1 Å². The van der Waals surface area contributed by atoms with Gasteiger partial charge >= 0.3 is 0 Å². The summed E-state index contributed by atoms with van der Waals surface area (Å²) in [5.41, 5.74) is 0.949. The zero-order valence-electron chi connectivity index (χ0n) is 9.74. The number of hydrogen-bond donors (Lipinski definition) is 2. The number of nitrogens with zero attached hydrogens (tertiary/aromatic N) is 2. The standard InChI is InChI=1S/C12H12ClIN4/c1-2-15-12-16-7-10(13)11(18-12)17-9-5-3-4-8(14)6-9/h3-7H,2H2,1H3,(H2,15,16,17,18). The van der Waals surface area contributed by atoms with Gasteiger partial charge in [0, 0.05) is 15.8 Å². The fourth-order valence-corrected chi connectivity index (χ4v) is 2.08. The summed E-state index contributed by atoms with van der Waals surface area (Å²) in [5.74, 6) is 1.17. The average Bonchev–Trinajstić information content (AvgIpc) is 2.34. The number of benzene rings is 1. The van der Waals surface area contributed by atoms with Crippen molar-refractivity contribution in [1.82, 2.24) is 9.97 Å². The quantitative estimate of drug-likeness (QED) is 0.797. The van der Waals surface area contributed by atoms with Crippen LogP contribution in [0, 0.1) is 3.57 Å². The highest BCUT2D eigenvalue weighted by molar-refractivity contribution is 14.1. The van der Waals surface area contributed by atoms with Gasteiger partial charge in [0.2, 0.25) is 5.95 Å². The monoisotopic (exact) mass is 374 g/mol. The Hall–Kier alpha value is -1.08. The van der Waals surface area contributed by atoms with Crippen LogP contribution in [-0.2, 0) is 0 Å². The van der Waals surface area contributed by atoms with Gasteiger partial charge in [-0.15, -0.1) is 0 Å². The van der Waals surface area contributed by atoms with Crippen LogP contribution < -0.4 is 10.6 Å². The lowest BCUT2D eigenvalue weighted by atomic mass is 10.3. The number of rotatable bonds is 4. The summed E-state index contributed by atoms with van der Waals surface area (Å²) in [4.78, 5) is 8.41. The van der Waals surface area contributed by atoms with Crippen molar-refractivity contribution in [1.29, 1.82) is 0 Å². The molecule has 0 aliphatic carbocycles. The molecule has 18 heavy (non-hydrogen) atoms. The molecule has 0 unspecified atom stereocenters. The van der Waals surface area contributed by atoms with E-state index in [0.717, 1.165) is 15.8 Å². The Kier molecular flexibility index (Phi) is 4.60. The number of aromatic nitrogens is 2. The molecule has 94 valence electrons. The van der Waals surface area contributed by atoms with Gasteiger partial charge in [-0.05, 0) is 47.7 Å². The second-order valence-corrected chi connectivity index (χ2v) is 5.21. The van der Waals surface area contributed by atoms with Gasteiger partial charge in [0.25, 0.3) is 0 Å². The third-order valence-corrected chi connectivity index (χ3v) is 3.11. The zero-order chi connectivity index (χ0) is 13.0. The maximum Gasteiger partial charge on any atom is 0.224 e. The topological polar surface area (TPSA) is 49.8 Å². The minimum Gasteiger partial charge on any atom is -0.354 e. The molecule has 2 rings (SSSR count). The number of nitrogens with one attached hydrogen (secondary N) is 2. The van der Waals surface area contributed by atoms with Crippen LogP contribution in [-0.4, -0.2) is 16.5 Å². The molecule has 4 nitrogen and oxygen atoms in total. The minimum atomic E-state index is 0.496. The first kappa shape index (κ1) is 13.4. The largest absolute Gasteiger partial charge is 0.354 e. The van der Waals surface area contributed by atoms with Gasteiger partial charge in [0.05, 0.1) is 6.20 Å². The van der Waals surface area contributed by atoms with Gasteiger partial charge in [0.15, 0.2) is 5.82 Å². The molecule has 0 saturated heterocycles. The Balaban J connectivity index is 2.25. The Morgan fingerprint density at radius 1 is 1.39 bits per heavy atom. The van der Waals surface area contributed by atoms with E-state index in [-0.39, 0.29) is 0 Å². The molecular weight excluding hydrogens is 363 g/mol. The lowest BCUT2D eigenvalue weighted by molar-refractivity contribution is 1.09. The molecule has 0 bridgehead atoms. The Morgan fingerprint density at radius 3 is 2.94 bits per heavy atom. The van der Waals surface area contributed by atoms with E-state index in [1.54, 1.807) is 6.20 Å². The first-order valence-corrected chi connectivity index (χ1v) is 6.93. The van der Waals surface area contributed by atoms with Crippen molar-refractivity contribution < 1.29 is 0 Å². The molecule has 0 aliphatic heterocycles. The second kappa shape index (κ2) is 6.19. The van der Waals surface area contributed by atoms with Crippen LogP contribution in [0.15, 0.2) is 30.5 Å². The molecule has 1 aromatic heterocycles. The van der Waals surface area contributed by atoms with Crippen LogP contribution in [0.2, 0.25) is 5.02 Å². The molecule has 0 saturated carbocycles. The van der Waals surface area contributed by atoms with Gasteiger partial charge in [-0.3, -0.25) is 0 Å². The summed E-state index contributed by atoms with van der Waals surface area (Å²) in [6.07, 6.45) is 1.59. The highest BCUT2D eigenvalue weighted by atomic mass is 127. The van der Waals surface area contributed by atoms with Crippen molar-refractivity contribution in [2.45, 2.75) is 6.92 Å². The fraction of sp³-hybridized carbons (Fsp3) is 0.167. The molecule has 2 N–H and O–H groups in total. The lowest BCUT2D eigenvalue weighted by Gasteiger charge is -2.09. The van der Waals surface area contributed by atoms with E-state index in [4.69, 9.17) is 11.6 Å². The SMILES string of the molecule is CCNc1ncc(Cl)c(Nc2cccc(I)c2)n1. The van der Waals surface area contributed by atoms with Crippen molar-refractivity contribution in [2.24, 2.45) is 0 Å². The minimum absolute atomic E-state index is 0.496. The molecule has 0 fully saturated rings. The van der Waals surface area contributed by atoms with Crippen LogP contribution >= 0.6 is 34.2 Å². The van der Waals surface area contributed by atoms with Crippen molar-refractivity contribution in [3.63, 3.8) is 0 Å². The Bertz CT molecular complexity index is 547. The van der Waals surface area contributed by atoms with Crippen molar-refractivity contribution in [2.75, 3.05) is 17.2 Å². The molecule has 0 atom stereocenters. The molecule has 6 heteroatoms. The van der Waals surface area contributed by atoms with E-state index in [1.165, 1.54) is 0 Å². The van der Waals surface area contributed by atoms with Gasteiger partial charge in [-0.1, -0.05) is 17.7 Å². The summed E-state index contributed by atoms with van der Waals surface area (Å²) in [5, 5.41) is 6.73. The average molecular weight is 375 g/mol. The van der Waals surface area contributed by atoms with Gasteiger partial charge in [-0.25, -0.2) is 4.98 Å². The summed E-state index contributed by atoms with van der Waals surface area (Å²) in [6, 6.07) is 7.99.